The van der Waals surface area contributed by atoms with Gasteiger partial charge in [-0.1, -0.05) is 55.5 Å². The summed E-state index contributed by atoms with van der Waals surface area (Å²) in [6.07, 6.45) is 2.51. The highest BCUT2D eigenvalue weighted by atomic mass is 16.3. The molecular weight excluding hydrogens is 492 g/mol. The van der Waals surface area contributed by atoms with Crippen LogP contribution in [-0.2, 0) is 25.1 Å². The van der Waals surface area contributed by atoms with Gasteiger partial charge in [-0.3, -0.25) is 4.79 Å². The first kappa shape index (κ1) is 28.1. The van der Waals surface area contributed by atoms with Crippen molar-refractivity contribution in [2.75, 3.05) is 20.6 Å². The Kier molecular flexibility index (Phi) is 8.57. The average molecular weight is 531 g/mol. The van der Waals surface area contributed by atoms with Crippen molar-refractivity contribution in [3.05, 3.63) is 71.3 Å². The van der Waals surface area contributed by atoms with E-state index in [2.05, 4.69) is 70.7 Å². The molecule has 0 aliphatic rings. The SMILES string of the molecule is CCCc1nc(C(C)(C)O)c(C(N)=O)n1Cc1ccc(-c2ccc(-c3nnnn3CCCN(C)C)cc2)cc1. The van der Waals surface area contributed by atoms with Gasteiger partial charge in [0.05, 0.1) is 0 Å². The summed E-state index contributed by atoms with van der Waals surface area (Å²) in [6.45, 7) is 7.46. The van der Waals surface area contributed by atoms with Crippen LogP contribution in [0.2, 0.25) is 0 Å². The fraction of sp³-hybridized carbons (Fsp3) is 0.414. The number of hydrogen-bond acceptors (Lipinski definition) is 7. The first-order valence-electron chi connectivity index (χ1n) is 13.3. The zero-order chi connectivity index (χ0) is 28.2. The number of benzene rings is 2. The van der Waals surface area contributed by atoms with E-state index in [0.29, 0.717) is 18.7 Å². The van der Waals surface area contributed by atoms with E-state index in [9.17, 15) is 9.90 Å². The molecule has 0 radical (unpaired) electrons. The molecule has 2 aromatic carbocycles. The molecule has 2 aromatic heterocycles. The number of aryl methyl sites for hydroxylation is 2. The van der Waals surface area contributed by atoms with Gasteiger partial charge in [-0.25, -0.2) is 9.67 Å². The van der Waals surface area contributed by atoms with E-state index in [1.807, 2.05) is 33.5 Å². The van der Waals surface area contributed by atoms with Crippen LogP contribution in [0.1, 0.15) is 61.2 Å². The number of aromatic nitrogens is 6. The van der Waals surface area contributed by atoms with Gasteiger partial charge in [0.15, 0.2) is 5.82 Å². The number of tetrazole rings is 1. The van der Waals surface area contributed by atoms with Crippen LogP contribution in [0.25, 0.3) is 22.5 Å². The van der Waals surface area contributed by atoms with Gasteiger partial charge in [0.25, 0.3) is 5.91 Å². The van der Waals surface area contributed by atoms with Crippen LogP contribution < -0.4 is 5.73 Å². The maximum absolute atomic E-state index is 12.4. The van der Waals surface area contributed by atoms with E-state index in [1.165, 1.54) is 0 Å². The van der Waals surface area contributed by atoms with E-state index in [1.54, 1.807) is 13.8 Å². The first-order valence-corrected chi connectivity index (χ1v) is 13.3. The Morgan fingerprint density at radius 3 is 2.21 bits per heavy atom. The van der Waals surface area contributed by atoms with Crippen molar-refractivity contribution in [1.82, 2.24) is 34.7 Å². The molecule has 2 heterocycles. The molecule has 0 atom stereocenters. The minimum Gasteiger partial charge on any atom is -0.384 e. The molecule has 3 N–H and O–H groups in total. The molecule has 4 aromatic rings. The highest BCUT2D eigenvalue weighted by molar-refractivity contribution is 5.92. The monoisotopic (exact) mass is 530 g/mol. The third-order valence-electron chi connectivity index (χ3n) is 6.61. The second-order valence-electron chi connectivity index (χ2n) is 10.6. The molecule has 0 unspecified atom stereocenters. The second-order valence-corrected chi connectivity index (χ2v) is 10.6. The predicted molar refractivity (Wildman–Crippen MR) is 151 cm³/mol. The van der Waals surface area contributed by atoms with Crippen LogP contribution in [-0.4, -0.2) is 66.3 Å². The largest absolute Gasteiger partial charge is 0.384 e. The number of rotatable bonds is 12. The van der Waals surface area contributed by atoms with Crippen molar-refractivity contribution in [1.29, 1.82) is 0 Å². The highest BCUT2D eigenvalue weighted by Gasteiger charge is 2.30. The van der Waals surface area contributed by atoms with Crippen molar-refractivity contribution in [2.45, 2.75) is 58.7 Å². The zero-order valence-electron chi connectivity index (χ0n) is 23.4. The smallest absolute Gasteiger partial charge is 0.267 e. The molecular formula is C29H38N8O2. The number of amides is 1. The van der Waals surface area contributed by atoms with Crippen LogP contribution in [0, 0.1) is 0 Å². The van der Waals surface area contributed by atoms with Crippen LogP contribution in [0.3, 0.4) is 0 Å². The molecule has 0 fully saturated rings. The zero-order valence-corrected chi connectivity index (χ0v) is 23.4. The van der Waals surface area contributed by atoms with Gasteiger partial charge < -0.3 is 20.3 Å². The lowest BCUT2D eigenvalue weighted by Gasteiger charge is -2.16. The Morgan fingerprint density at radius 1 is 1.03 bits per heavy atom. The van der Waals surface area contributed by atoms with Crippen molar-refractivity contribution >= 4 is 5.91 Å². The summed E-state index contributed by atoms with van der Waals surface area (Å²) < 4.78 is 3.69. The summed E-state index contributed by atoms with van der Waals surface area (Å²) >= 11 is 0. The normalized spacial score (nSPS) is 11.9. The maximum Gasteiger partial charge on any atom is 0.267 e. The van der Waals surface area contributed by atoms with E-state index in [4.69, 9.17) is 5.73 Å². The molecule has 10 heteroatoms. The van der Waals surface area contributed by atoms with Gasteiger partial charge >= 0.3 is 0 Å². The lowest BCUT2D eigenvalue weighted by Crippen LogP contribution is -2.25. The molecule has 0 aliphatic heterocycles. The molecule has 0 saturated carbocycles. The van der Waals surface area contributed by atoms with Crippen molar-refractivity contribution in [3.63, 3.8) is 0 Å². The van der Waals surface area contributed by atoms with Crippen LogP contribution >= 0.6 is 0 Å². The molecule has 0 spiro atoms. The summed E-state index contributed by atoms with van der Waals surface area (Å²) in [5, 5.41) is 22.9. The summed E-state index contributed by atoms with van der Waals surface area (Å²) in [5.74, 6) is 0.907. The average Bonchev–Trinajstić information content (AvgIpc) is 3.50. The van der Waals surface area contributed by atoms with E-state index < -0.39 is 11.5 Å². The fourth-order valence-electron chi connectivity index (χ4n) is 4.66. The van der Waals surface area contributed by atoms with Gasteiger partial charge in [0, 0.05) is 25.1 Å². The van der Waals surface area contributed by atoms with Crippen LogP contribution in [0.15, 0.2) is 48.5 Å². The van der Waals surface area contributed by atoms with Crippen LogP contribution in [0.4, 0.5) is 0 Å². The molecule has 4 rings (SSSR count). The Morgan fingerprint density at radius 2 is 1.64 bits per heavy atom. The molecule has 10 nitrogen and oxygen atoms in total. The lowest BCUT2D eigenvalue weighted by atomic mass is 10.0. The van der Waals surface area contributed by atoms with Gasteiger partial charge in [-0.2, -0.15) is 0 Å². The third kappa shape index (κ3) is 6.58. The van der Waals surface area contributed by atoms with Gasteiger partial charge in [-0.05, 0) is 74.4 Å². The predicted octanol–water partition coefficient (Wildman–Crippen LogP) is 3.48. The fourth-order valence-corrected chi connectivity index (χ4v) is 4.66. The van der Waals surface area contributed by atoms with Crippen LogP contribution in [0.5, 0.6) is 0 Å². The standard InChI is InChI=1S/C29H38N8O2/c1-6-8-24-31-26(29(2,3)39)25(27(30)38)36(24)19-20-9-11-21(12-10-20)22-13-15-23(16-14-22)28-32-33-34-37(28)18-7-17-35(4)5/h9-16,39H,6-8,17-19H2,1-5H3,(H2,30,38). The molecule has 0 saturated heterocycles. The molecule has 0 aliphatic carbocycles. The van der Waals surface area contributed by atoms with E-state index in [-0.39, 0.29) is 5.69 Å². The minimum absolute atomic E-state index is 0.259. The lowest BCUT2D eigenvalue weighted by molar-refractivity contribution is 0.0711. The Labute approximate surface area is 229 Å². The Bertz CT molecular complexity index is 1400. The number of aliphatic hydroxyl groups is 1. The van der Waals surface area contributed by atoms with Gasteiger partial charge in [0.2, 0.25) is 0 Å². The second kappa shape index (κ2) is 11.9. The molecule has 206 valence electrons. The molecule has 0 bridgehead atoms. The number of imidazole rings is 1. The van der Waals surface area contributed by atoms with E-state index >= 15 is 0 Å². The summed E-state index contributed by atoms with van der Waals surface area (Å²) in [7, 11) is 4.11. The van der Waals surface area contributed by atoms with E-state index in [0.717, 1.165) is 59.8 Å². The summed E-state index contributed by atoms with van der Waals surface area (Å²) in [6, 6.07) is 16.4. The topological polar surface area (TPSA) is 128 Å². The third-order valence-corrected chi connectivity index (χ3v) is 6.61. The number of hydrogen-bond donors (Lipinski definition) is 2. The molecule has 1 amide bonds. The number of carbonyl (C=O) groups excluding carboxylic acids is 1. The number of carbonyl (C=O) groups is 1. The Hall–Kier alpha value is -3.89. The van der Waals surface area contributed by atoms with Crippen molar-refractivity contribution < 1.29 is 9.90 Å². The van der Waals surface area contributed by atoms with Crippen molar-refractivity contribution in [3.8, 4) is 22.5 Å². The summed E-state index contributed by atoms with van der Waals surface area (Å²) in [4.78, 5) is 19.1. The maximum atomic E-state index is 12.4. The number of nitrogens with zero attached hydrogens (tertiary/aromatic N) is 7. The van der Waals surface area contributed by atoms with Gasteiger partial charge in [0.1, 0.15) is 22.8 Å². The quantitative estimate of drug-likeness (QED) is 0.287. The van der Waals surface area contributed by atoms with Crippen molar-refractivity contribution in [2.24, 2.45) is 5.73 Å². The highest BCUT2D eigenvalue weighted by Crippen LogP contribution is 2.27. The summed E-state index contributed by atoms with van der Waals surface area (Å²) in [5.41, 5.74) is 9.17. The number of primary amides is 1. The number of nitrogens with two attached hydrogens (primary N) is 1. The minimum atomic E-state index is -1.27. The molecule has 39 heavy (non-hydrogen) atoms. The first-order chi connectivity index (χ1) is 18.6. The van der Waals surface area contributed by atoms with Gasteiger partial charge in [-0.15, -0.1) is 5.10 Å². The Balaban J connectivity index is 1.53.